The van der Waals surface area contributed by atoms with Crippen LogP contribution in [0.25, 0.3) is 0 Å². The standard InChI is InChI=1S/C13H11FO3S.Na/c14-12-8-11(18(15)16)6-7-13(12)17-9-10-4-2-1-3-5-10;/h1-8H,9H2,(H,15,16);/q;+1/p-1. The second kappa shape index (κ2) is 7.77. The maximum absolute atomic E-state index is 13.5. The maximum atomic E-state index is 13.5. The van der Waals surface area contributed by atoms with E-state index >= 15 is 0 Å². The van der Waals surface area contributed by atoms with Gasteiger partial charge in [0.2, 0.25) is 0 Å². The second-order valence-electron chi connectivity index (χ2n) is 3.60. The molecule has 19 heavy (non-hydrogen) atoms. The molecule has 0 N–H and O–H groups in total. The Labute approximate surface area is 135 Å². The quantitative estimate of drug-likeness (QED) is 0.570. The molecule has 2 aromatic rings. The molecule has 0 saturated heterocycles. The molecule has 0 aliphatic carbocycles. The fourth-order valence-electron chi connectivity index (χ4n) is 1.44. The molecule has 0 radical (unpaired) electrons. The zero-order valence-electron chi connectivity index (χ0n) is 10.3. The number of ether oxygens (including phenoxy) is 1. The Kier molecular flexibility index (Phi) is 6.68. The Hall–Kier alpha value is -0.720. The van der Waals surface area contributed by atoms with E-state index in [4.69, 9.17) is 4.74 Å². The number of hydrogen-bond acceptors (Lipinski definition) is 3. The van der Waals surface area contributed by atoms with Crippen molar-refractivity contribution in [2.75, 3.05) is 0 Å². The van der Waals surface area contributed by atoms with Crippen LogP contribution >= 0.6 is 0 Å². The summed E-state index contributed by atoms with van der Waals surface area (Å²) in [6.07, 6.45) is 0. The van der Waals surface area contributed by atoms with Crippen molar-refractivity contribution in [1.29, 1.82) is 0 Å². The predicted octanol–water partition coefficient (Wildman–Crippen LogP) is -0.353. The summed E-state index contributed by atoms with van der Waals surface area (Å²) in [4.78, 5) is -0.0976. The van der Waals surface area contributed by atoms with E-state index < -0.39 is 16.9 Å². The third-order valence-corrected chi connectivity index (χ3v) is 2.97. The first-order valence-electron chi connectivity index (χ1n) is 5.22. The zero-order valence-corrected chi connectivity index (χ0v) is 13.2. The molecule has 1 atom stereocenters. The monoisotopic (exact) mass is 288 g/mol. The first kappa shape index (κ1) is 16.3. The molecule has 2 aromatic carbocycles. The Bertz CT molecular complexity index is 563. The van der Waals surface area contributed by atoms with Gasteiger partial charge in [0.1, 0.15) is 6.61 Å². The molecule has 0 heterocycles. The van der Waals surface area contributed by atoms with Crippen molar-refractivity contribution in [2.45, 2.75) is 11.5 Å². The van der Waals surface area contributed by atoms with Crippen molar-refractivity contribution in [3.05, 3.63) is 59.9 Å². The Morgan fingerprint density at radius 2 is 1.84 bits per heavy atom. The first-order chi connectivity index (χ1) is 8.66. The van der Waals surface area contributed by atoms with Gasteiger partial charge in [-0.1, -0.05) is 30.3 Å². The fraction of sp³-hybridized carbons (Fsp3) is 0.0769. The smallest absolute Gasteiger partial charge is 0.768 e. The van der Waals surface area contributed by atoms with Gasteiger partial charge in [-0.05, 0) is 34.8 Å². The van der Waals surface area contributed by atoms with Gasteiger partial charge in [-0.25, -0.2) is 4.39 Å². The summed E-state index contributed by atoms with van der Waals surface area (Å²) in [5.74, 6) is -0.652. The van der Waals surface area contributed by atoms with Gasteiger partial charge in [0.15, 0.2) is 11.6 Å². The molecular weight excluding hydrogens is 278 g/mol. The Morgan fingerprint density at radius 3 is 2.42 bits per heavy atom. The van der Waals surface area contributed by atoms with Crippen LogP contribution in [0.4, 0.5) is 4.39 Å². The summed E-state index contributed by atoms with van der Waals surface area (Å²) in [7, 11) is 0. The van der Waals surface area contributed by atoms with E-state index in [1.807, 2.05) is 30.3 Å². The average molecular weight is 288 g/mol. The van der Waals surface area contributed by atoms with E-state index in [0.717, 1.165) is 11.6 Å². The van der Waals surface area contributed by atoms with Crippen LogP contribution in [0.15, 0.2) is 53.4 Å². The minimum absolute atomic E-state index is 0. The average Bonchev–Trinajstić information content (AvgIpc) is 2.38. The van der Waals surface area contributed by atoms with Gasteiger partial charge >= 0.3 is 29.6 Å². The van der Waals surface area contributed by atoms with Crippen LogP contribution in [0, 0.1) is 5.82 Å². The van der Waals surface area contributed by atoms with Crippen molar-refractivity contribution >= 4 is 11.1 Å². The predicted molar refractivity (Wildman–Crippen MR) is 64.4 cm³/mol. The summed E-state index contributed by atoms with van der Waals surface area (Å²) in [5.41, 5.74) is 0.911. The van der Waals surface area contributed by atoms with Crippen LogP contribution in [0.3, 0.4) is 0 Å². The van der Waals surface area contributed by atoms with Gasteiger partial charge < -0.3 is 9.29 Å². The summed E-state index contributed by atoms with van der Waals surface area (Å²) in [6, 6.07) is 12.9. The molecule has 3 nitrogen and oxygen atoms in total. The van der Waals surface area contributed by atoms with Crippen LogP contribution in [-0.2, 0) is 17.7 Å². The van der Waals surface area contributed by atoms with Gasteiger partial charge in [0.25, 0.3) is 0 Å². The molecular formula is C13H10FNaO3S. The molecule has 0 saturated carbocycles. The summed E-state index contributed by atoms with van der Waals surface area (Å²) in [6.45, 7) is 0.234. The molecule has 0 spiro atoms. The molecule has 6 heteroatoms. The zero-order chi connectivity index (χ0) is 13.0. The van der Waals surface area contributed by atoms with Gasteiger partial charge in [-0.15, -0.1) is 0 Å². The summed E-state index contributed by atoms with van der Waals surface area (Å²) >= 11 is -2.43. The van der Waals surface area contributed by atoms with E-state index in [9.17, 15) is 13.2 Å². The number of benzene rings is 2. The molecule has 0 aliphatic rings. The molecule has 0 fully saturated rings. The van der Waals surface area contributed by atoms with Crippen LogP contribution in [0.5, 0.6) is 5.75 Å². The van der Waals surface area contributed by atoms with Gasteiger partial charge in [-0.3, -0.25) is 4.21 Å². The first-order valence-corrected chi connectivity index (χ1v) is 6.30. The van der Waals surface area contributed by atoms with Gasteiger partial charge in [0, 0.05) is 4.90 Å². The number of halogens is 1. The SMILES string of the molecule is O=S([O-])c1ccc(OCc2ccccc2)c(F)c1.[Na+]. The fourth-order valence-corrected chi connectivity index (χ4v) is 1.82. The van der Waals surface area contributed by atoms with Crippen molar-refractivity contribution in [2.24, 2.45) is 0 Å². The van der Waals surface area contributed by atoms with E-state index in [-0.39, 0.29) is 46.8 Å². The molecule has 2 rings (SSSR count). The number of hydrogen-bond donors (Lipinski definition) is 0. The van der Waals surface area contributed by atoms with E-state index in [1.165, 1.54) is 12.1 Å². The topological polar surface area (TPSA) is 49.4 Å². The molecule has 1 unspecified atom stereocenters. The normalized spacial score (nSPS) is 11.5. The molecule has 94 valence electrons. The second-order valence-corrected chi connectivity index (χ2v) is 4.54. The van der Waals surface area contributed by atoms with Crippen LogP contribution in [0.1, 0.15) is 5.56 Å². The number of rotatable bonds is 4. The Morgan fingerprint density at radius 1 is 1.16 bits per heavy atom. The van der Waals surface area contributed by atoms with Crippen LogP contribution in [-0.4, -0.2) is 8.76 Å². The van der Waals surface area contributed by atoms with Crippen LogP contribution < -0.4 is 34.3 Å². The summed E-state index contributed by atoms with van der Waals surface area (Å²) in [5, 5.41) is 0. The van der Waals surface area contributed by atoms with Crippen molar-refractivity contribution < 1.29 is 47.4 Å². The third kappa shape index (κ3) is 4.71. The van der Waals surface area contributed by atoms with Crippen molar-refractivity contribution in [3.63, 3.8) is 0 Å². The van der Waals surface area contributed by atoms with Crippen molar-refractivity contribution in [1.82, 2.24) is 0 Å². The molecule has 0 aliphatic heterocycles. The molecule has 0 amide bonds. The van der Waals surface area contributed by atoms with E-state index in [1.54, 1.807) is 0 Å². The van der Waals surface area contributed by atoms with E-state index in [2.05, 4.69) is 0 Å². The minimum Gasteiger partial charge on any atom is -0.768 e. The van der Waals surface area contributed by atoms with Crippen molar-refractivity contribution in [3.8, 4) is 5.75 Å². The van der Waals surface area contributed by atoms with Crippen LogP contribution in [0.2, 0.25) is 0 Å². The van der Waals surface area contributed by atoms with E-state index in [0.29, 0.717) is 0 Å². The minimum atomic E-state index is -2.43. The van der Waals surface area contributed by atoms with Gasteiger partial charge in [-0.2, -0.15) is 0 Å². The third-order valence-electron chi connectivity index (χ3n) is 2.33. The Balaban J connectivity index is 0.00000180. The largest absolute Gasteiger partial charge is 1.00 e. The molecule has 0 aromatic heterocycles. The maximum Gasteiger partial charge on any atom is 1.00 e. The summed E-state index contributed by atoms with van der Waals surface area (Å²) < 4.78 is 40.1. The molecule has 0 bridgehead atoms. The van der Waals surface area contributed by atoms with Gasteiger partial charge in [0.05, 0.1) is 0 Å².